The molecule has 5 nitrogen and oxygen atoms in total. The van der Waals surface area contributed by atoms with Crippen LogP contribution in [0, 0.1) is 12.3 Å². The lowest BCUT2D eigenvalue weighted by Gasteiger charge is -2.34. The molecule has 0 radical (unpaired) electrons. The predicted molar refractivity (Wildman–Crippen MR) is 84.3 cm³/mol. The number of carbonyl (C=O) groups excluding carboxylic acids is 2. The summed E-state index contributed by atoms with van der Waals surface area (Å²) < 4.78 is 5.78. The van der Waals surface area contributed by atoms with E-state index in [9.17, 15) is 9.59 Å². The highest BCUT2D eigenvalue weighted by molar-refractivity contribution is 5.76. The van der Waals surface area contributed by atoms with E-state index in [4.69, 9.17) is 4.42 Å². The van der Waals surface area contributed by atoms with Gasteiger partial charge in [0, 0.05) is 31.9 Å². The molecule has 0 saturated carbocycles. The lowest BCUT2D eigenvalue weighted by atomic mass is 9.74. The number of rotatable bonds is 5. The van der Waals surface area contributed by atoms with Crippen LogP contribution in [0.25, 0.3) is 0 Å². The van der Waals surface area contributed by atoms with Gasteiger partial charge in [0.05, 0.1) is 6.04 Å². The molecule has 2 rings (SSSR count). The zero-order valence-corrected chi connectivity index (χ0v) is 13.9. The quantitative estimate of drug-likeness (QED) is 0.822. The summed E-state index contributed by atoms with van der Waals surface area (Å²) in [6, 6.07) is 2.05. The first-order chi connectivity index (χ1) is 10.3. The highest BCUT2D eigenvalue weighted by atomic mass is 16.3. The Kier molecular flexibility index (Phi) is 4.94. The van der Waals surface area contributed by atoms with Gasteiger partial charge >= 0.3 is 0 Å². The van der Waals surface area contributed by atoms with Gasteiger partial charge in [0.25, 0.3) is 0 Å². The van der Waals surface area contributed by atoms with E-state index in [2.05, 4.69) is 24.5 Å². The van der Waals surface area contributed by atoms with Crippen LogP contribution in [0.2, 0.25) is 0 Å². The average Bonchev–Trinajstić information content (AvgIpc) is 2.73. The lowest BCUT2D eigenvalue weighted by Crippen LogP contribution is -2.36. The second-order valence-electron chi connectivity index (χ2n) is 6.99. The SMILES string of the molecule is CC(=O)NCCCC(=O)N[C@@H]1CC(C)(C)Cc2oc(C)cc21. The Morgan fingerprint density at radius 2 is 2.14 bits per heavy atom. The molecule has 1 aliphatic rings. The van der Waals surface area contributed by atoms with Crippen molar-refractivity contribution in [1.29, 1.82) is 0 Å². The molecule has 0 fully saturated rings. The second-order valence-corrected chi connectivity index (χ2v) is 6.99. The third-order valence-corrected chi connectivity index (χ3v) is 4.03. The van der Waals surface area contributed by atoms with E-state index in [0.29, 0.717) is 19.4 Å². The molecule has 5 heteroatoms. The molecule has 2 amide bonds. The third kappa shape index (κ3) is 4.36. The van der Waals surface area contributed by atoms with Crippen molar-refractivity contribution in [2.75, 3.05) is 6.54 Å². The minimum Gasteiger partial charge on any atom is -0.466 e. The third-order valence-electron chi connectivity index (χ3n) is 4.03. The monoisotopic (exact) mass is 306 g/mol. The Labute approximate surface area is 131 Å². The van der Waals surface area contributed by atoms with E-state index in [-0.39, 0.29) is 23.3 Å². The molecule has 0 saturated heterocycles. The van der Waals surface area contributed by atoms with Gasteiger partial charge in [-0.1, -0.05) is 13.8 Å². The smallest absolute Gasteiger partial charge is 0.220 e. The topological polar surface area (TPSA) is 71.3 Å². The van der Waals surface area contributed by atoms with Crippen LogP contribution in [0.1, 0.15) is 63.2 Å². The van der Waals surface area contributed by atoms with Gasteiger partial charge in [0.1, 0.15) is 11.5 Å². The summed E-state index contributed by atoms with van der Waals surface area (Å²) in [4.78, 5) is 22.9. The summed E-state index contributed by atoms with van der Waals surface area (Å²) in [6.45, 7) is 8.35. The molecule has 1 aromatic rings. The van der Waals surface area contributed by atoms with Crippen molar-refractivity contribution >= 4 is 11.8 Å². The first kappa shape index (κ1) is 16.6. The van der Waals surface area contributed by atoms with Crippen molar-refractivity contribution in [3.63, 3.8) is 0 Å². The van der Waals surface area contributed by atoms with Crippen molar-refractivity contribution in [2.24, 2.45) is 5.41 Å². The van der Waals surface area contributed by atoms with Crippen LogP contribution in [-0.4, -0.2) is 18.4 Å². The molecule has 0 bridgehead atoms. The van der Waals surface area contributed by atoms with Crippen molar-refractivity contribution in [3.8, 4) is 0 Å². The van der Waals surface area contributed by atoms with Gasteiger partial charge in [0.2, 0.25) is 11.8 Å². The molecule has 1 heterocycles. The summed E-state index contributed by atoms with van der Waals surface area (Å²) in [5, 5.41) is 5.82. The van der Waals surface area contributed by atoms with Crippen molar-refractivity contribution in [1.82, 2.24) is 10.6 Å². The Morgan fingerprint density at radius 3 is 2.82 bits per heavy atom. The maximum atomic E-state index is 12.1. The maximum Gasteiger partial charge on any atom is 0.220 e. The van der Waals surface area contributed by atoms with Crippen LogP contribution in [-0.2, 0) is 16.0 Å². The fourth-order valence-electron chi connectivity index (χ4n) is 3.09. The van der Waals surface area contributed by atoms with E-state index in [1.165, 1.54) is 6.92 Å². The van der Waals surface area contributed by atoms with Crippen LogP contribution >= 0.6 is 0 Å². The zero-order chi connectivity index (χ0) is 16.3. The first-order valence-electron chi connectivity index (χ1n) is 7.90. The van der Waals surface area contributed by atoms with Gasteiger partial charge in [0.15, 0.2) is 0 Å². The van der Waals surface area contributed by atoms with Gasteiger partial charge in [-0.3, -0.25) is 9.59 Å². The fraction of sp³-hybridized carbons (Fsp3) is 0.647. The second kappa shape index (κ2) is 6.55. The van der Waals surface area contributed by atoms with E-state index in [1.54, 1.807) is 0 Å². The summed E-state index contributed by atoms with van der Waals surface area (Å²) >= 11 is 0. The molecular weight excluding hydrogens is 280 g/mol. The molecule has 0 unspecified atom stereocenters. The van der Waals surface area contributed by atoms with Gasteiger partial charge in [-0.2, -0.15) is 0 Å². The normalized spacial score (nSPS) is 19.4. The van der Waals surface area contributed by atoms with Gasteiger partial charge in [-0.25, -0.2) is 0 Å². The largest absolute Gasteiger partial charge is 0.466 e. The molecular formula is C17H26N2O3. The number of hydrogen-bond donors (Lipinski definition) is 2. The molecule has 1 aromatic heterocycles. The summed E-state index contributed by atoms with van der Waals surface area (Å²) in [7, 11) is 0. The lowest BCUT2D eigenvalue weighted by molar-refractivity contribution is -0.123. The Morgan fingerprint density at radius 1 is 1.41 bits per heavy atom. The molecule has 22 heavy (non-hydrogen) atoms. The Balaban J connectivity index is 1.94. The van der Waals surface area contributed by atoms with Gasteiger partial charge in [-0.15, -0.1) is 0 Å². The molecule has 0 aromatic carbocycles. The number of aryl methyl sites for hydroxylation is 1. The van der Waals surface area contributed by atoms with Crippen LogP contribution in [0.5, 0.6) is 0 Å². The molecule has 122 valence electrons. The van der Waals surface area contributed by atoms with Gasteiger partial charge < -0.3 is 15.1 Å². The average molecular weight is 306 g/mol. The molecule has 0 aliphatic heterocycles. The van der Waals surface area contributed by atoms with Crippen LogP contribution in [0.4, 0.5) is 0 Å². The molecule has 0 spiro atoms. The highest BCUT2D eigenvalue weighted by Crippen LogP contribution is 2.41. The van der Waals surface area contributed by atoms with Crippen LogP contribution in [0.3, 0.4) is 0 Å². The number of hydrogen-bond acceptors (Lipinski definition) is 3. The zero-order valence-electron chi connectivity index (χ0n) is 13.9. The number of nitrogens with one attached hydrogen (secondary N) is 2. The van der Waals surface area contributed by atoms with Crippen LogP contribution < -0.4 is 10.6 Å². The fourth-order valence-corrected chi connectivity index (χ4v) is 3.09. The first-order valence-corrected chi connectivity index (χ1v) is 7.90. The highest BCUT2D eigenvalue weighted by Gasteiger charge is 2.35. The number of furan rings is 1. The van der Waals surface area contributed by atoms with E-state index >= 15 is 0 Å². The molecule has 2 N–H and O–H groups in total. The Bertz CT molecular complexity index is 560. The van der Waals surface area contributed by atoms with E-state index < -0.39 is 0 Å². The predicted octanol–water partition coefficient (Wildman–Crippen LogP) is 2.63. The number of carbonyl (C=O) groups is 2. The van der Waals surface area contributed by atoms with E-state index in [1.807, 2.05) is 13.0 Å². The summed E-state index contributed by atoms with van der Waals surface area (Å²) in [6.07, 6.45) is 2.89. The van der Waals surface area contributed by atoms with Crippen molar-refractivity contribution < 1.29 is 14.0 Å². The maximum absolute atomic E-state index is 12.1. The van der Waals surface area contributed by atoms with Crippen molar-refractivity contribution in [3.05, 3.63) is 23.2 Å². The molecule has 1 atom stereocenters. The number of fused-ring (bicyclic) bond motifs is 1. The standard InChI is InChI=1S/C17H26N2O3/c1-11-8-13-14(9-17(3,4)10-15(13)22-11)19-16(21)6-5-7-18-12(2)20/h8,14H,5-7,9-10H2,1-4H3,(H,18,20)(H,19,21)/t14-/m1/s1. The van der Waals surface area contributed by atoms with Crippen LogP contribution in [0.15, 0.2) is 10.5 Å². The minimum atomic E-state index is -0.0621. The summed E-state index contributed by atoms with van der Waals surface area (Å²) in [5.74, 6) is 1.86. The van der Waals surface area contributed by atoms with Gasteiger partial charge in [-0.05, 0) is 31.2 Å². The van der Waals surface area contributed by atoms with E-state index in [0.717, 1.165) is 29.9 Å². The minimum absolute atomic E-state index is 0.0180. The van der Waals surface area contributed by atoms with Crippen molar-refractivity contribution in [2.45, 2.75) is 59.4 Å². The molecule has 1 aliphatic carbocycles. The Hall–Kier alpha value is -1.78. The summed E-state index contributed by atoms with van der Waals surface area (Å²) in [5.41, 5.74) is 1.23. The number of amides is 2.